The minimum Gasteiger partial charge on any atom is -0.272 e. The van der Waals surface area contributed by atoms with Crippen molar-refractivity contribution in [3.8, 4) is 0 Å². The van der Waals surface area contributed by atoms with Gasteiger partial charge < -0.3 is 0 Å². The second-order valence-corrected chi connectivity index (χ2v) is 2.88. The second kappa shape index (κ2) is 3.56. The van der Waals surface area contributed by atoms with E-state index in [4.69, 9.17) is 0 Å². The van der Waals surface area contributed by atoms with E-state index in [2.05, 4.69) is 32.1 Å². The highest BCUT2D eigenvalue weighted by molar-refractivity contribution is 5.14. The van der Waals surface area contributed by atoms with Crippen molar-refractivity contribution in [3.05, 3.63) is 17.5 Å². The molecule has 0 fully saturated rings. The minimum atomic E-state index is 1.04. The minimum absolute atomic E-state index is 1.04. The molecule has 1 rings (SSSR count). The van der Waals surface area contributed by atoms with Crippen molar-refractivity contribution in [2.24, 2.45) is 0 Å². The van der Waals surface area contributed by atoms with Gasteiger partial charge in [-0.2, -0.15) is 5.10 Å². The molecule has 0 bridgehead atoms. The molecule has 0 aromatic carbocycles. The van der Waals surface area contributed by atoms with Gasteiger partial charge in [0.15, 0.2) is 0 Å². The molecule has 0 atom stereocenters. The molecule has 0 saturated heterocycles. The molecule has 0 saturated carbocycles. The highest BCUT2D eigenvalue weighted by Gasteiger charge is 2.00. The van der Waals surface area contributed by atoms with Gasteiger partial charge in [0.25, 0.3) is 0 Å². The van der Waals surface area contributed by atoms with Crippen LogP contribution in [0.25, 0.3) is 0 Å². The van der Waals surface area contributed by atoms with E-state index in [1.165, 1.54) is 11.3 Å². The van der Waals surface area contributed by atoms with E-state index in [1.54, 1.807) is 0 Å². The molecule has 62 valence electrons. The highest BCUT2D eigenvalue weighted by atomic mass is 15.3. The zero-order valence-electron chi connectivity index (χ0n) is 7.59. The fourth-order valence-electron chi connectivity index (χ4n) is 1.25. The van der Waals surface area contributed by atoms with Crippen LogP contribution in [0.3, 0.4) is 0 Å². The van der Waals surface area contributed by atoms with Gasteiger partial charge in [0.1, 0.15) is 0 Å². The molecular weight excluding hydrogens is 136 g/mol. The summed E-state index contributed by atoms with van der Waals surface area (Å²) in [5, 5.41) is 4.43. The van der Waals surface area contributed by atoms with Crippen LogP contribution in [-0.2, 0) is 13.0 Å². The molecule has 2 heteroatoms. The van der Waals surface area contributed by atoms with Crippen molar-refractivity contribution < 1.29 is 0 Å². The third-order valence-electron chi connectivity index (χ3n) is 1.83. The molecule has 2 nitrogen and oxygen atoms in total. The van der Waals surface area contributed by atoms with Crippen molar-refractivity contribution in [1.82, 2.24) is 9.78 Å². The van der Waals surface area contributed by atoms with E-state index >= 15 is 0 Å². The summed E-state index contributed by atoms with van der Waals surface area (Å²) in [6.45, 7) is 7.48. The van der Waals surface area contributed by atoms with Gasteiger partial charge in [-0.3, -0.25) is 4.68 Å². The molecule has 0 unspecified atom stereocenters. The van der Waals surface area contributed by atoms with Gasteiger partial charge in [-0.15, -0.1) is 0 Å². The number of rotatable bonds is 3. The lowest BCUT2D eigenvalue weighted by Crippen LogP contribution is -1.97. The first-order chi connectivity index (χ1) is 5.27. The first kappa shape index (κ1) is 8.31. The van der Waals surface area contributed by atoms with Gasteiger partial charge in [0.05, 0.1) is 5.69 Å². The van der Waals surface area contributed by atoms with E-state index < -0.39 is 0 Å². The maximum atomic E-state index is 4.43. The molecule has 1 heterocycles. The Balaban J connectivity index is 2.77. The molecule has 0 spiro atoms. The number of hydrogen-bond acceptors (Lipinski definition) is 1. The predicted molar refractivity (Wildman–Crippen MR) is 46.6 cm³/mol. The topological polar surface area (TPSA) is 17.8 Å². The summed E-state index contributed by atoms with van der Waals surface area (Å²) in [6.07, 6.45) is 4.33. The van der Waals surface area contributed by atoms with Gasteiger partial charge >= 0.3 is 0 Å². The van der Waals surface area contributed by atoms with Crippen molar-refractivity contribution >= 4 is 0 Å². The maximum absolute atomic E-state index is 4.43. The summed E-state index contributed by atoms with van der Waals surface area (Å²) in [7, 11) is 0. The van der Waals surface area contributed by atoms with Crippen LogP contribution in [0.5, 0.6) is 0 Å². The molecule has 1 aromatic heterocycles. The molecule has 11 heavy (non-hydrogen) atoms. The zero-order valence-corrected chi connectivity index (χ0v) is 7.59. The van der Waals surface area contributed by atoms with Crippen LogP contribution < -0.4 is 0 Å². The van der Waals surface area contributed by atoms with Gasteiger partial charge in [0, 0.05) is 12.7 Å². The fraction of sp³-hybridized carbons (Fsp3) is 0.667. The summed E-state index contributed by atoms with van der Waals surface area (Å²) in [5.41, 5.74) is 2.56. The third kappa shape index (κ3) is 1.82. The Hall–Kier alpha value is -0.790. The molecule has 0 radical (unpaired) electrons. The van der Waals surface area contributed by atoms with E-state index in [-0.39, 0.29) is 0 Å². The molecular formula is C9H16N2. The second-order valence-electron chi connectivity index (χ2n) is 2.88. The van der Waals surface area contributed by atoms with Crippen LogP contribution in [0.15, 0.2) is 6.20 Å². The van der Waals surface area contributed by atoms with Gasteiger partial charge in [-0.1, -0.05) is 13.8 Å². The zero-order chi connectivity index (χ0) is 8.27. The van der Waals surface area contributed by atoms with E-state index in [0.717, 1.165) is 19.4 Å². The average Bonchev–Trinajstić information content (AvgIpc) is 2.32. The SMILES string of the molecule is CCCn1cc(C)c(CC)n1. The Morgan fingerprint density at radius 3 is 2.64 bits per heavy atom. The quantitative estimate of drug-likeness (QED) is 0.649. The Morgan fingerprint density at radius 2 is 2.18 bits per heavy atom. The Kier molecular flexibility index (Phi) is 2.69. The molecule has 0 N–H and O–H groups in total. The third-order valence-corrected chi connectivity index (χ3v) is 1.83. The lowest BCUT2D eigenvalue weighted by Gasteiger charge is -1.94. The van der Waals surface area contributed by atoms with Crippen LogP contribution in [0.2, 0.25) is 0 Å². The van der Waals surface area contributed by atoms with Crippen LogP contribution in [-0.4, -0.2) is 9.78 Å². The predicted octanol–water partition coefficient (Wildman–Crippen LogP) is 2.16. The largest absolute Gasteiger partial charge is 0.272 e. The van der Waals surface area contributed by atoms with E-state index in [9.17, 15) is 0 Å². The van der Waals surface area contributed by atoms with Gasteiger partial charge in [0.2, 0.25) is 0 Å². The molecule has 0 aliphatic rings. The maximum Gasteiger partial charge on any atom is 0.0650 e. The van der Waals surface area contributed by atoms with Crippen molar-refractivity contribution in [2.75, 3.05) is 0 Å². The highest BCUT2D eigenvalue weighted by Crippen LogP contribution is 2.05. The fourth-order valence-corrected chi connectivity index (χ4v) is 1.25. The number of nitrogens with zero attached hydrogens (tertiary/aromatic N) is 2. The van der Waals surface area contributed by atoms with E-state index in [0.29, 0.717) is 0 Å². The summed E-state index contributed by atoms with van der Waals surface area (Å²) in [5.74, 6) is 0. The van der Waals surface area contributed by atoms with Gasteiger partial charge in [-0.25, -0.2) is 0 Å². The van der Waals surface area contributed by atoms with Crippen LogP contribution >= 0.6 is 0 Å². The molecule has 0 aliphatic carbocycles. The number of aryl methyl sites for hydroxylation is 3. The molecule has 0 aliphatic heterocycles. The summed E-state index contributed by atoms with van der Waals surface area (Å²) >= 11 is 0. The van der Waals surface area contributed by atoms with Crippen molar-refractivity contribution in [2.45, 2.75) is 40.2 Å². The molecule has 1 aromatic rings. The van der Waals surface area contributed by atoms with Gasteiger partial charge in [-0.05, 0) is 25.3 Å². The van der Waals surface area contributed by atoms with Crippen LogP contribution in [0.1, 0.15) is 31.5 Å². The average molecular weight is 152 g/mol. The van der Waals surface area contributed by atoms with E-state index in [1.807, 2.05) is 4.68 Å². The lowest BCUT2D eigenvalue weighted by atomic mass is 10.2. The molecule has 0 amide bonds. The number of aromatic nitrogens is 2. The Morgan fingerprint density at radius 1 is 1.45 bits per heavy atom. The first-order valence-electron chi connectivity index (χ1n) is 4.30. The summed E-state index contributed by atoms with van der Waals surface area (Å²) in [4.78, 5) is 0. The van der Waals surface area contributed by atoms with Crippen LogP contribution in [0, 0.1) is 6.92 Å². The van der Waals surface area contributed by atoms with Crippen molar-refractivity contribution in [1.29, 1.82) is 0 Å². The summed E-state index contributed by atoms with van der Waals surface area (Å²) < 4.78 is 2.04. The van der Waals surface area contributed by atoms with Crippen molar-refractivity contribution in [3.63, 3.8) is 0 Å². The lowest BCUT2D eigenvalue weighted by molar-refractivity contribution is 0.595. The van der Waals surface area contributed by atoms with Crippen LogP contribution in [0.4, 0.5) is 0 Å². The number of hydrogen-bond donors (Lipinski definition) is 0. The first-order valence-corrected chi connectivity index (χ1v) is 4.30. The smallest absolute Gasteiger partial charge is 0.0650 e. The standard InChI is InChI=1S/C9H16N2/c1-4-6-11-7-8(3)9(5-2)10-11/h7H,4-6H2,1-3H3. The Bertz CT molecular complexity index is 225. The normalized spacial score (nSPS) is 10.5. The Labute approximate surface area is 68.2 Å². The monoisotopic (exact) mass is 152 g/mol. The summed E-state index contributed by atoms with van der Waals surface area (Å²) in [6, 6.07) is 0.